The van der Waals surface area contributed by atoms with Crippen LogP contribution in [0.5, 0.6) is 5.75 Å². The molecule has 28 heavy (non-hydrogen) atoms. The van der Waals surface area contributed by atoms with E-state index in [0.717, 1.165) is 17.0 Å². The van der Waals surface area contributed by atoms with Crippen molar-refractivity contribution in [3.05, 3.63) is 76.6 Å². The number of ether oxygens (including phenoxy) is 1. The molecule has 3 rings (SSSR count). The topological polar surface area (TPSA) is 76.1 Å². The third kappa shape index (κ3) is 4.65. The number of para-hydroxylation sites is 1. The Bertz CT molecular complexity index is 1000. The molecule has 1 aromatic heterocycles. The maximum atomic E-state index is 12.6. The van der Waals surface area contributed by atoms with Crippen molar-refractivity contribution in [3.63, 3.8) is 0 Å². The number of nitrogens with one attached hydrogen (secondary N) is 2. The minimum absolute atomic E-state index is 0.264. The molecule has 0 aliphatic carbocycles. The molecule has 0 saturated heterocycles. The zero-order valence-electron chi connectivity index (χ0n) is 16.5. The Labute approximate surface area is 165 Å². The lowest BCUT2D eigenvalue weighted by molar-refractivity contribution is 0.0945. The van der Waals surface area contributed by atoms with Gasteiger partial charge < -0.3 is 15.4 Å². The number of carbonyl (C=O) groups excluding carboxylic acids is 1. The largest absolute Gasteiger partial charge is 0.496 e. The predicted octanol–water partition coefficient (Wildman–Crippen LogP) is 4.08. The number of amides is 1. The van der Waals surface area contributed by atoms with Crippen LogP contribution < -0.4 is 15.4 Å². The van der Waals surface area contributed by atoms with Crippen LogP contribution in [0.25, 0.3) is 0 Å². The van der Waals surface area contributed by atoms with Crippen molar-refractivity contribution in [2.75, 3.05) is 12.4 Å². The molecule has 0 aliphatic heterocycles. The van der Waals surface area contributed by atoms with Crippen molar-refractivity contribution in [1.82, 2.24) is 15.3 Å². The highest BCUT2D eigenvalue weighted by Crippen LogP contribution is 2.19. The number of hydrogen-bond acceptors (Lipinski definition) is 5. The van der Waals surface area contributed by atoms with Gasteiger partial charge >= 0.3 is 0 Å². The summed E-state index contributed by atoms with van der Waals surface area (Å²) in [6, 6.07) is 15.3. The normalized spacial score (nSPS) is 10.4. The van der Waals surface area contributed by atoms with E-state index >= 15 is 0 Å². The summed E-state index contributed by atoms with van der Waals surface area (Å²) >= 11 is 0. The van der Waals surface area contributed by atoms with Crippen molar-refractivity contribution in [2.45, 2.75) is 27.3 Å². The fourth-order valence-electron chi connectivity index (χ4n) is 2.80. The lowest BCUT2D eigenvalue weighted by Gasteiger charge is -2.11. The first-order chi connectivity index (χ1) is 13.5. The molecule has 2 N–H and O–H groups in total. The second-order valence-electron chi connectivity index (χ2n) is 6.64. The molecule has 6 heteroatoms. The third-order valence-electron chi connectivity index (χ3n) is 4.48. The maximum absolute atomic E-state index is 12.6. The van der Waals surface area contributed by atoms with Gasteiger partial charge in [0.25, 0.3) is 5.91 Å². The fraction of sp³-hybridized carbons (Fsp3) is 0.227. The Kier molecular flexibility index (Phi) is 5.89. The molecular formula is C22H24N4O2. The van der Waals surface area contributed by atoms with Gasteiger partial charge in [-0.1, -0.05) is 24.3 Å². The number of rotatable bonds is 6. The number of aromatic nitrogens is 2. The number of benzene rings is 2. The smallest absolute Gasteiger partial charge is 0.270 e. The van der Waals surface area contributed by atoms with Crippen LogP contribution in [0, 0.1) is 20.8 Å². The summed E-state index contributed by atoms with van der Waals surface area (Å²) in [6.45, 7) is 6.30. The van der Waals surface area contributed by atoms with Crippen LogP contribution in [-0.2, 0) is 6.54 Å². The molecule has 144 valence electrons. The van der Waals surface area contributed by atoms with Crippen LogP contribution >= 0.6 is 0 Å². The Balaban J connectivity index is 1.74. The zero-order chi connectivity index (χ0) is 20.1. The van der Waals surface area contributed by atoms with Crippen molar-refractivity contribution in [3.8, 4) is 5.75 Å². The molecule has 3 aromatic rings. The van der Waals surface area contributed by atoms with Gasteiger partial charge in [-0.15, -0.1) is 0 Å². The van der Waals surface area contributed by atoms with Crippen LogP contribution in [0.15, 0.2) is 48.5 Å². The van der Waals surface area contributed by atoms with E-state index in [-0.39, 0.29) is 5.91 Å². The summed E-state index contributed by atoms with van der Waals surface area (Å²) in [6.07, 6.45) is 0. The highest BCUT2D eigenvalue weighted by atomic mass is 16.5. The van der Waals surface area contributed by atoms with Gasteiger partial charge in [0, 0.05) is 23.5 Å². The van der Waals surface area contributed by atoms with Crippen LogP contribution in [0.1, 0.15) is 32.9 Å². The molecule has 0 spiro atoms. The standard InChI is InChI=1S/C22H24N4O2/c1-14-9-10-18(11-15(14)2)25-22-24-16(3)12-19(26-22)21(27)23-13-17-7-5-6-8-20(17)28-4/h5-12H,13H2,1-4H3,(H,23,27)(H,24,25,26). The fourth-order valence-corrected chi connectivity index (χ4v) is 2.80. The summed E-state index contributed by atoms with van der Waals surface area (Å²) in [7, 11) is 1.61. The summed E-state index contributed by atoms with van der Waals surface area (Å²) in [5.74, 6) is 0.865. The van der Waals surface area contributed by atoms with Crippen molar-refractivity contribution < 1.29 is 9.53 Å². The molecule has 0 unspecified atom stereocenters. The first-order valence-electron chi connectivity index (χ1n) is 9.06. The lowest BCUT2D eigenvalue weighted by atomic mass is 10.1. The molecule has 2 aromatic carbocycles. The van der Waals surface area contributed by atoms with E-state index in [1.165, 1.54) is 11.1 Å². The quantitative estimate of drug-likeness (QED) is 0.678. The molecule has 1 heterocycles. The molecule has 6 nitrogen and oxygen atoms in total. The summed E-state index contributed by atoms with van der Waals surface area (Å²) in [4.78, 5) is 21.4. The number of carbonyl (C=O) groups is 1. The average Bonchev–Trinajstić information content (AvgIpc) is 2.68. The van der Waals surface area contributed by atoms with Crippen LogP contribution in [-0.4, -0.2) is 23.0 Å². The average molecular weight is 376 g/mol. The zero-order valence-corrected chi connectivity index (χ0v) is 16.5. The summed E-state index contributed by atoms with van der Waals surface area (Å²) in [5.41, 5.74) is 5.20. The molecule has 0 bridgehead atoms. The van der Waals surface area contributed by atoms with Crippen molar-refractivity contribution in [2.24, 2.45) is 0 Å². The van der Waals surface area contributed by atoms with Gasteiger partial charge in [-0.05, 0) is 56.2 Å². The van der Waals surface area contributed by atoms with E-state index in [1.54, 1.807) is 13.2 Å². The van der Waals surface area contributed by atoms with Crippen molar-refractivity contribution >= 4 is 17.5 Å². The molecule has 0 fully saturated rings. The Morgan fingerprint density at radius 1 is 1.00 bits per heavy atom. The summed E-state index contributed by atoms with van der Waals surface area (Å²) < 4.78 is 5.32. The van der Waals surface area contributed by atoms with Gasteiger partial charge in [-0.25, -0.2) is 9.97 Å². The van der Waals surface area contributed by atoms with E-state index in [9.17, 15) is 4.79 Å². The van der Waals surface area contributed by atoms with E-state index in [2.05, 4.69) is 27.5 Å². The van der Waals surface area contributed by atoms with Crippen LogP contribution in [0.3, 0.4) is 0 Å². The van der Waals surface area contributed by atoms with E-state index < -0.39 is 0 Å². The third-order valence-corrected chi connectivity index (χ3v) is 4.48. The Morgan fingerprint density at radius 2 is 1.79 bits per heavy atom. The van der Waals surface area contributed by atoms with Crippen LogP contribution in [0.2, 0.25) is 0 Å². The second kappa shape index (κ2) is 8.52. The Hall–Kier alpha value is -3.41. The van der Waals surface area contributed by atoms with Gasteiger partial charge in [0.2, 0.25) is 5.95 Å². The maximum Gasteiger partial charge on any atom is 0.270 e. The number of hydrogen-bond donors (Lipinski definition) is 2. The van der Waals surface area contributed by atoms with Crippen molar-refractivity contribution in [1.29, 1.82) is 0 Å². The van der Waals surface area contributed by atoms with Gasteiger partial charge in [0.15, 0.2) is 0 Å². The summed E-state index contributed by atoms with van der Waals surface area (Å²) in [5, 5.41) is 6.07. The minimum atomic E-state index is -0.264. The number of anilines is 2. The van der Waals surface area contributed by atoms with Gasteiger partial charge in [-0.2, -0.15) is 0 Å². The molecule has 0 radical (unpaired) electrons. The lowest BCUT2D eigenvalue weighted by Crippen LogP contribution is -2.24. The first-order valence-corrected chi connectivity index (χ1v) is 9.06. The number of aryl methyl sites for hydroxylation is 3. The highest BCUT2D eigenvalue weighted by molar-refractivity contribution is 5.92. The SMILES string of the molecule is COc1ccccc1CNC(=O)c1cc(C)nc(Nc2ccc(C)c(C)c2)n1. The molecule has 0 aliphatic rings. The minimum Gasteiger partial charge on any atom is -0.496 e. The monoisotopic (exact) mass is 376 g/mol. The Morgan fingerprint density at radius 3 is 2.54 bits per heavy atom. The first kappa shape index (κ1) is 19.4. The molecular weight excluding hydrogens is 352 g/mol. The highest BCUT2D eigenvalue weighted by Gasteiger charge is 2.12. The molecule has 0 saturated carbocycles. The predicted molar refractivity (Wildman–Crippen MR) is 110 cm³/mol. The van der Waals surface area contributed by atoms with Gasteiger partial charge in [-0.3, -0.25) is 4.79 Å². The molecule has 1 amide bonds. The van der Waals surface area contributed by atoms with Gasteiger partial charge in [0.05, 0.1) is 7.11 Å². The second-order valence-corrected chi connectivity index (χ2v) is 6.64. The number of nitrogens with zero attached hydrogens (tertiary/aromatic N) is 2. The van der Waals surface area contributed by atoms with E-state index in [0.29, 0.717) is 23.9 Å². The van der Waals surface area contributed by atoms with E-state index in [1.807, 2.05) is 56.3 Å². The van der Waals surface area contributed by atoms with Crippen LogP contribution in [0.4, 0.5) is 11.6 Å². The van der Waals surface area contributed by atoms with E-state index in [4.69, 9.17) is 4.74 Å². The van der Waals surface area contributed by atoms with Gasteiger partial charge in [0.1, 0.15) is 11.4 Å². The molecule has 0 atom stereocenters. The number of methoxy groups -OCH3 is 1.